The lowest BCUT2D eigenvalue weighted by Gasteiger charge is -2.12. The van der Waals surface area contributed by atoms with Crippen molar-refractivity contribution in [3.05, 3.63) is 59.9 Å². The number of hydrogen-bond donors (Lipinski definition) is 2. The number of benzene rings is 2. The van der Waals surface area contributed by atoms with E-state index in [2.05, 4.69) is 29.4 Å². The van der Waals surface area contributed by atoms with E-state index in [0.29, 0.717) is 45.0 Å². The van der Waals surface area contributed by atoms with E-state index in [1.165, 1.54) is 22.4 Å². The smallest absolute Gasteiger partial charge is 0.288 e. The zero-order valence-electron chi connectivity index (χ0n) is 18.4. The van der Waals surface area contributed by atoms with E-state index >= 15 is 0 Å². The van der Waals surface area contributed by atoms with Crippen LogP contribution in [0.2, 0.25) is 0 Å². The van der Waals surface area contributed by atoms with Gasteiger partial charge in [0, 0.05) is 10.6 Å². The number of nitrogens with zero attached hydrogens (tertiary/aromatic N) is 3. The number of hydrogen-bond acceptors (Lipinski definition) is 7. The zero-order valence-corrected chi connectivity index (χ0v) is 20.0. The van der Waals surface area contributed by atoms with E-state index in [0.717, 1.165) is 11.8 Å². The third-order valence-electron chi connectivity index (χ3n) is 4.65. The number of nitrogens with one attached hydrogen (secondary N) is 1. The summed E-state index contributed by atoms with van der Waals surface area (Å²) in [6.45, 7) is 6.09. The van der Waals surface area contributed by atoms with E-state index in [1.54, 1.807) is 19.1 Å². The zero-order chi connectivity index (χ0) is 24.0. The minimum absolute atomic E-state index is 0.134. The molecular weight excluding hydrogens is 468 g/mol. The van der Waals surface area contributed by atoms with Crippen LogP contribution in [0.5, 0.6) is 5.75 Å². The average molecular weight is 494 g/mol. The molecule has 0 fully saturated rings. The summed E-state index contributed by atoms with van der Waals surface area (Å²) in [4.78, 5) is 12.9. The molecule has 3 N–H and O–H groups in total. The van der Waals surface area contributed by atoms with Gasteiger partial charge in [0.2, 0.25) is 11.1 Å². The molecule has 11 heteroatoms. The van der Waals surface area contributed by atoms with Crippen molar-refractivity contribution in [1.29, 1.82) is 0 Å². The standard InChI is InChI=1S/C22H25F2N5O2S2/c1-13(2)15-4-8-17(9-5-15)31-12-19-27-28-22(29(19)25)32-14(3)20(30)26-16-6-10-18(11-7-16)33-21(23)24/h4-11,13-14,21H,12,25H2,1-3H3,(H,26,30). The van der Waals surface area contributed by atoms with E-state index in [9.17, 15) is 13.6 Å². The number of rotatable bonds is 10. The first-order valence-electron chi connectivity index (χ1n) is 10.2. The fourth-order valence-corrected chi connectivity index (χ4v) is 4.05. The largest absolute Gasteiger partial charge is 0.486 e. The monoisotopic (exact) mass is 493 g/mol. The van der Waals surface area contributed by atoms with Crippen LogP contribution in [-0.2, 0) is 11.4 Å². The molecule has 0 aliphatic heterocycles. The third kappa shape index (κ3) is 7.10. The molecule has 1 heterocycles. The number of ether oxygens (including phenoxy) is 1. The van der Waals surface area contributed by atoms with Crippen LogP contribution in [0.25, 0.3) is 0 Å². The Morgan fingerprint density at radius 2 is 1.73 bits per heavy atom. The molecule has 0 aliphatic rings. The number of aromatic nitrogens is 3. The molecule has 0 saturated carbocycles. The van der Waals surface area contributed by atoms with Gasteiger partial charge in [0.25, 0.3) is 5.76 Å². The van der Waals surface area contributed by atoms with Crippen LogP contribution in [0.1, 0.15) is 38.1 Å². The highest BCUT2D eigenvalue weighted by Gasteiger charge is 2.20. The Bertz CT molecular complexity index is 1060. The van der Waals surface area contributed by atoms with Crippen LogP contribution >= 0.6 is 23.5 Å². The second-order valence-electron chi connectivity index (χ2n) is 7.43. The lowest BCUT2D eigenvalue weighted by Crippen LogP contribution is -2.24. The Hall–Kier alpha value is -2.79. The topological polar surface area (TPSA) is 95.1 Å². The van der Waals surface area contributed by atoms with Crippen molar-refractivity contribution >= 4 is 35.1 Å². The quantitative estimate of drug-likeness (QED) is 0.299. The Morgan fingerprint density at radius 1 is 1.06 bits per heavy atom. The number of carbonyl (C=O) groups is 1. The van der Waals surface area contributed by atoms with Crippen LogP contribution in [-0.4, -0.2) is 31.8 Å². The molecule has 7 nitrogen and oxygen atoms in total. The van der Waals surface area contributed by atoms with E-state index in [4.69, 9.17) is 10.6 Å². The molecule has 1 unspecified atom stereocenters. The molecule has 2 aromatic carbocycles. The number of thioether (sulfide) groups is 2. The van der Waals surface area contributed by atoms with Gasteiger partial charge in [-0.1, -0.05) is 49.5 Å². The van der Waals surface area contributed by atoms with Gasteiger partial charge in [0.1, 0.15) is 12.4 Å². The van der Waals surface area contributed by atoms with Crippen molar-refractivity contribution in [2.24, 2.45) is 0 Å². The van der Waals surface area contributed by atoms with Crippen molar-refractivity contribution < 1.29 is 18.3 Å². The van der Waals surface area contributed by atoms with Crippen LogP contribution in [0.3, 0.4) is 0 Å². The fraction of sp³-hybridized carbons (Fsp3) is 0.318. The summed E-state index contributed by atoms with van der Waals surface area (Å²) < 4.78 is 31.9. The van der Waals surface area contributed by atoms with Gasteiger partial charge in [-0.25, -0.2) is 4.68 Å². The van der Waals surface area contributed by atoms with E-state index in [1.807, 2.05) is 24.3 Å². The maximum Gasteiger partial charge on any atom is 0.288 e. The molecule has 3 aromatic rings. The number of alkyl halides is 2. The maximum atomic E-state index is 12.5. The summed E-state index contributed by atoms with van der Waals surface area (Å²) in [6.07, 6.45) is 0. The summed E-state index contributed by atoms with van der Waals surface area (Å²) >= 11 is 1.60. The SMILES string of the molecule is CC(Sc1nnc(COc2ccc(C(C)C)cc2)n1N)C(=O)Nc1ccc(SC(F)F)cc1. The Labute approximate surface area is 199 Å². The van der Waals surface area contributed by atoms with Crippen molar-refractivity contribution in [3.63, 3.8) is 0 Å². The minimum atomic E-state index is -2.49. The number of halogens is 2. The lowest BCUT2D eigenvalue weighted by molar-refractivity contribution is -0.115. The summed E-state index contributed by atoms with van der Waals surface area (Å²) in [5, 5.41) is 10.7. The van der Waals surface area contributed by atoms with E-state index in [-0.39, 0.29) is 12.5 Å². The van der Waals surface area contributed by atoms with Crippen molar-refractivity contribution in [3.8, 4) is 5.75 Å². The Balaban J connectivity index is 1.53. The molecule has 1 atom stereocenters. The highest BCUT2D eigenvalue weighted by atomic mass is 32.2. The number of nitrogens with two attached hydrogens (primary N) is 1. The highest BCUT2D eigenvalue weighted by Crippen LogP contribution is 2.27. The molecule has 0 spiro atoms. The van der Waals surface area contributed by atoms with Crippen molar-refractivity contribution in [1.82, 2.24) is 14.9 Å². The average Bonchev–Trinajstić information content (AvgIpc) is 3.12. The second-order valence-corrected chi connectivity index (χ2v) is 9.80. The fourth-order valence-electron chi connectivity index (χ4n) is 2.76. The maximum absolute atomic E-state index is 12.5. The minimum Gasteiger partial charge on any atom is -0.486 e. The van der Waals surface area contributed by atoms with Gasteiger partial charge in [-0.15, -0.1) is 10.2 Å². The third-order valence-corrected chi connectivity index (χ3v) is 6.43. The van der Waals surface area contributed by atoms with E-state index < -0.39 is 11.0 Å². The van der Waals surface area contributed by atoms with Crippen LogP contribution < -0.4 is 15.9 Å². The Kier molecular flexibility index (Phi) is 8.56. The first-order valence-corrected chi connectivity index (χ1v) is 11.9. The summed E-state index contributed by atoms with van der Waals surface area (Å²) in [6, 6.07) is 14.0. The van der Waals surface area contributed by atoms with Crippen LogP contribution in [0.4, 0.5) is 14.5 Å². The number of amides is 1. The molecule has 0 bridgehead atoms. The van der Waals surface area contributed by atoms with Gasteiger partial charge in [-0.3, -0.25) is 4.79 Å². The number of nitrogen functional groups attached to an aromatic ring is 1. The van der Waals surface area contributed by atoms with Gasteiger partial charge in [0.15, 0.2) is 5.82 Å². The van der Waals surface area contributed by atoms with Crippen molar-refractivity contribution in [2.45, 2.75) is 54.4 Å². The Morgan fingerprint density at radius 3 is 2.33 bits per heavy atom. The van der Waals surface area contributed by atoms with Gasteiger partial charge in [0.05, 0.1) is 5.25 Å². The molecule has 3 rings (SSSR count). The molecule has 1 amide bonds. The number of carbonyl (C=O) groups excluding carboxylic acids is 1. The molecule has 176 valence electrons. The van der Waals surface area contributed by atoms with Gasteiger partial charge in [-0.05, 0) is 54.8 Å². The first kappa shape index (κ1) is 24.8. The van der Waals surface area contributed by atoms with Gasteiger partial charge < -0.3 is 15.9 Å². The molecular formula is C22H25F2N5O2S2. The summed E-state index contributed by atoms with van der Waals surface area (Å²) in [5.74, 6) is 4.87. The van der Waals surface area contributed by atoms with Crippen molar-refractivity contribution in [2.75, 3.05) is 11.2 Å². The molecule has 0 radical (unpaired) electrons. The molecule has 1 aromatic heterocycles. The summed E-state index contributed by atoms with van der Waals surface area (Å²) in [7, 11) is 0. The van der Waals surface area contributed by atoms with Crippen LogP contribution in [0.15, 0.2) is 58.6 Å². The van der Waals surface area contributed by atoms with Gasteiger partial charge in [-0.2, -0.15) is 8.78 Å². The lowest BCUT2D eigenvalue weighted by atomic mass is 10.0. The summed E-state index contributed by atoms with van der Waals surface area (Å²) in [5.41, 5.74) is 1.73. The molecule has 0 saturated heterocycles. The second kappa shape index (κ2) is 11.4. The molecule has 0 aliphatic carbocycles. The predicted octanol–water partition coefficient (Wildman–Crippen LogP) is 5.13. The van der Waals surface area contributed by atoms with Gasteiger partial charge >= 0.3 is 0 Å². The van der Waals surface area contributed by atoms with Crippen LogP contribution in [0, 0.1) is 0 Å². The number of anilines is 1. The predicted molar refractivity (Wildman–Crippen MR) is 127 cm³/mol. The first-order chi connectivity index (χ1) is 15.7. The normalized spacial score (nSPS) is 12.2. The molecule has 33 heavy (non-hydrogen) atoms. The highest BCUT2D eigenvalue weighted by molar-refractivity contribution is 8.00.